The summed E-state index contributed by atoms with van der Waals surface area (Å²) in [5.74, 6) is 0.837. The van der Waals surface area contributed by atoms with E-state index >= 15 is 0 Å². The molecule has 0 saturated heterocycles. The van der Waals surface area contributed by atoms with Gasteiger partial charge in [0.25, 0.3) is 6.01 Å². The normalized spacial score (nSPS) is 12.5. The lowest BCUT2D eigenvalue weighted by atomic mass is 9.97. The zero-order chi connectivity index (χ0) is 27.5. The zero-order valence-corrected chi connectivity index (χ0v) is 21.6. The van der Waals surface area contributed by atoms with Crippen LogP contribution in [0.15, 0.2) is 100 Å². The van der Waals surface area contributed by atoms with Crippen LogP contribution < -0.4 is 9.47 Å². The summed E-state index contributed by atoms with van der Waals surface area (Å²) in [4.78, 5) is 25.0. The topological polar surface area (TPSA) is 124 Å². The summed E-state index contributed by atoms with van der Waals surface area (Å²) in [5, 5.41) is 18.0. The molecule has 1 aliphatic heterocycles. The van der Waals surface area contributed by atoms with Crippen molar-refractivity contribution in [1.82, 2.24) is 14.5 Å². The highest BCUT2D eigenvalue weighted by molar-refractivity contribution is 6.05. The van der Waals surface area contributed by atoms with Crippen molar-refractivity contribution in [2.75, 3.05) is 13.3 Å². The molecule has 0 radical (unpaired) electrons. The molecule has 5 aromatic rings. The molecule has 0 fully saturated rings. The van der Waals surface area contributed by atoms with Crippen LogP contribution in [0.2, 0.25) is 0 Å². The third-order valence-electron chi connectivity index (χ3n) is 6.39. The number of carboxylic acid groups (broad SMARTS) is 1. The third kappa shape index (κ3) is 4.90. The Morgan fingerprint density at radius 3 is 2.60 bits per heavy atom. The van der Waals surface area contributed by atoms with Crippen LogP contribution in [-0.2, 0) is 6.54 Å². The molecule has 6 rings (SSSR count). The Labute approximate surface area is 229 Å². The molecule has 198 valence electrons. The van der Waals surface area contributed by atoms with Gasteiger partial charge in [-0.15, -0.1) is 5.11 Å². The molecule has 0 saturated carbocycles. The van der Waals surface area contributed by atoms with E-state index in [9.17, 15) is 9.90 Å². The van der Waals surface area contributed by atoms with Crippen LogP contribution in [0.1, 0.15) is 28.4 Å². The molecule has 0 unspecified atom stereocenters. The smallest absolute Gasteiger partial charge is 0.337 e. The largest absolute Gasteiger partial charge is 0.478 e. The lowest BCUT2D eigenvalue weighted by Crippen LogP contribution is -2.08. The Balaban J connectivity index is 1.36. The molecular formula is C30H24N6O4. The standard InChI is InChI=1S/C30H24N6O4/c1-2-39-30-34-26-7-3-6-24(29(37)38)27(26)36(30)17-19-8-10-20(11-9-19)25-15-21(40-22-5-4-14-31-16-22)12-13-23(25)28-32-18-33-35-28/h3-16H,2,17-18H2,1H3,(H,37,38). The number of para-hydroxylation sites is 1. The number of fused-ring (bicyclic) bond motifs is 1. The second kappa shape index (κ2) is 10.8. The van der Waals surface area contributed by atoms with E-state index in [-0.39, 0.29) is 5.56 Å². The summed E-state index contributed by atoms with van der Waals surface area (Å²) in [5.41, 5.74) is 4.89. The Morgan fingerprint density at radius 2 is 1.88 bits per heavy atom. The van der Waals surface area contributed by atoms with Crippen LogP contribution in [-0.4, -0.2) is 44.7 Å². The number of aromatic nitrogens is 3. The molecular weight excluding hydrogens is 508 g/mol. The Morgan fingerprint density at radius 1 is 1.00 bits per heavy atom. The maximum atomic E-state index is 12.0. The predicted molar refractivity (Wildman–Crippen MR) is 149 cm³/mol. The van der Waals surface area contributed by atoms with Crippen molar-refractivity contribution in [3.8, 4) is 28.6 Å². The van der Waals surface area contributed by atoms with Crippen molar-refractivity contribution < 1.29 is 19.4 Å². The number of carbonyl (C=O) groups is 1. The molecule has 2 aromatic heterocycles. The number of nitrogens with zero attached hydrogens (tertiary/aromatic N) is 6. The van der Waals surface area contributed by atoms with Crippen molar-refractivity contribution >= 4 is 22.8 Å². The molecule has 10 heteroatoms. The zero-order valence-electron chi connectivity index (χ0n) is 21.6. The number of imidazole rings is 1. The number of pyridine rings is 1. The summed E-state index contributed by atoms with van der Waals surface area (Å²) >= 11 is 0. The Bertz CT molecular complexity index is 1760. The van der Waals surface area contributed by atoms with Crippen molar-refractivity contribution in [2.24, 2.45) is 15.2 Å². The van der Waals surface area contributed by atoms with Gasteiger partial charge in [-0.1, -0.05) is 30.3 Å². The summed E-state index contributed by atoms with van der Waals surface area (Å²) in [7, 11) is 0. The summed E-state index contributed by atoms with van der Waals surface area (Å²) in [6, 6.07) is 22.8. The van der Waals surface area contributed by atoms with Crippen molar-refractivity contribution in [3.05, 3.63) is 102 Å². The molecule has 0 aliphatic carbocycles. The summed E-state index contributed by atoms with van der Waals surface area (Å²) in [6.45, 7) is 2.97. The van der Waals surface area contributed by atoms with Crippen molar-refractivity contribution in [3.63, 3.8) is 0 Å². The fourth-order valence-corrected chi connectivity index (χ4v) is 4.63. The maximum absolute atomic E-state index is 12.0. The van der Waals surface area contributed by atoms with Gasteiger partial charge >= 0.3 is 5.97 Å². The van der Waals surface area contributed by atoms with Gasteiger partial charge in [0, 0.05) is 11.8 Å². The van der Waals surface area contributed by atoms with Gasteiger partial charge in [0.2, 0.25) is 0 Å². The van der Waals surface area contributed by atoms with Gasteiger partial charge in [-0.2, -0.15) is 10.1 Å². The first kappa shape index (κ1) is 24.9. The highest BCUT2D eigenvalue weighted by atomic mass is 16.5. The molecule has 0 spiro atoms. The first-order valence-corrected chi connectivity index (χ1v) is 12.7. The number of aromatic carboxylic acids is 1. The SMILES string of the molecule is CCOc1nc2cccc(C(=O)O)c2n1Cc1ccc(-c2cc(Oc3cccnc3)ccc2C2=NCN=N2)cc1. The van der Waals surface area contributed by atoms with E-state index in [1.807, 2.05) is 61.5 Å². The van der Waals surface area contributed by atoms with Gasteiger partial charge in [-0.25, -0.2) is 9.79 Å². The molecule has 10 nitrogen and oxygen atoms in total. The van der Waals surface area contributed by atoms with Crippen LogP contribution in [0.3, 0.4) is 0 Å². The molecule has 0 bridgehead atoms. The number of hydrogen-bond acceptors (Lipinski definition) is 8. The fourth-order valence-electron chi connectivity index (χ4n) is 4.63. The number of carboxylic acids is 1. The quantitative estimate of drug-likeness (QED) is 0.241. The minimum Gasteiger partial charge on any atom is -0.478 e. The van der Waals surface area contributed by atoms with Gasteiger partial charge in [0.15, 0.2) is 12.5 Å². The number of benzene rings is 3. The Kier molecular flexibility index (Phi) is 6.72. The number of hydrogen-bond donors (Lipinski definition) is 1. The molecule has 0 amide bonds. The minimum absolute atomic E-state index is 0.175. The maximum Gasteiger partial charge on any atom is 0.337 e. The van der Waals surface area contributed by atoms with E-state index in [1.165, 1.54) is 0 Å². The lowest BCUT2D eigenvalue weighted by Gasteiger charge is -2.13. The lowest BCUT2D eigenvalue weighted by molar-refractivity contribution is 0.0698. The van der Waals surface area contributed by atoms with Gasteiger partial charge in [0.05, 0.1) is 35.9 Å². The van der Waals surface area contributed by atoms with Gasteiger partial charge in [-0.05, 0) is 66.1 Å². The van der Waals surface area contributed by atoms with E-state index in [2.05, 4.69) is 25.2 Å². The van der Waals surface area contributed by atoms with Gasteiger partial charge in [-0.3, -0.25) is 9.55 Å². The molecule has 40 heavy (non-hydrogen) atoms. The molecule has 3 aromatic carbocycles. The van der Waals surface area contributed by atoms with Gasteiger partial charge < -0.3 is 14.6 Å². The minimum atomic E-state index is -1.02. The highest BCUT2D eigenvalue weighted by Crippen LogP contribution is 2.33. The number of azo groups is 1. The van der Waals surface area contributed by atoms with Crippen molar-refractivity contribution in [1.29, 1.82) is 0 Å². The Hall–Kier alpha value is -5.38. The van der Waals surface area contributed by atoms with E-state index in [0.29, 0.717) is 54.2 Å². The third-order valence-corrected chi connectivity index (χ3v) is 6.39. The van der Waals surface area contributed by atoms with Crippen LogP contribution >= 0.6 is 0 Å². The van der Waals surface area contributed by atoms with Crippen LogP contribution in [0, 0.1) is 0 Å². The second-order valence-corrected chi connectivity index (χ2v) is 8.95. The van der Waals surface area contributed by atoms with Gasteiger partial charge in [0.1, 0.15) is 11.5 Å². The second-order valence-electron chi connectivity index (χ2n) is 8.95. The average molecular weight is 533 g/mol. The van der Waals surface area contributed by atoms with E-state index in [1.54, 1.807) is 35.2 Å². The van der Waals surface area contributed by atoms with E-state index in [4.69, 9.17) is 9.47 Å². The number of ether oxygens (including phenoxy) is 2. The van der Waals surface area contributed by atoms with Crippen LogP contribution in [0.5, 0.6) is 17.5 Å². The first-order chi connectivity index (χ1) is 19.6. The van der Waals surface area contributed by atoms with Crippen LogP contribution in [0.25, 0.3) is 22.2 Å². The van der Waals surface area contributed by atoms with E-state index < -0.39 is 5.97 Å². The highest BCUT2D eigenvalue weighted by Gasteiger charge is 2.19. The van der Waals surface area contributed by atoms with Crippen LogP contribution in [0.4, 0.5) is 0 Å². The predicted octanol–water partition coefficient (Wildman–Crippen LogP) is 6.21. The monoisotopic (exact) mass is 532 g/mol. The summed E-state index contributed by atoms with van der Waals surface area (Å²) in [6.07, 6.45) is 3.35. The van der Waals surface area contributed by atoms with E-state index in [0.717, 1.165) is 22.3 Å². The number of amidine groups is 1. The molecule has 1 aliphatic rings. The number of rotatable bonds is 9. The molecule has 3 heterocycles. The first-order valence-electron chi connectivity index (χ1n) is 12.7. The fraction of sp³-hybridized carbons (Fsp3) is 0.133. The average Bonchev–Trinajstić information content (AvgIpc) is 3.63. The number of aliphatic imine (C=N–C) groups is 1. The molecule has 0 atom stereocenters. The summed E-state index contributed by atoms with van der Waals surface area (Å²) < 4.78 is 13.6. The van der Waals surface area contributed by atoms with Crippen molar-refractivity contribution in [2.45, 2.75) is 13.5 Å². The molecule has 1 N–H and O–H groups in total.